The number of ether oxygens (including phenoxy) is 2. The van der Waals surface area contributed by atoms with Gasteiger partial charge in [-0.3, -0.25) is 14.7 Å². The first-order chi connectivity index (χ1) is 15.7. The Bertz CT molecular complexity index is 1090. The number of amides is 1. The van der Waals surface area contributed by atoms with E-state index in [0.717, 1.165) is 51.3 Å². The van der Waals surface area contributed by atoms with Crippen molar-refractivity contribution in [1.82, 2.24) is 9.88 Å². The van der Waals surface area contributed by atoms with Gasteiger partial charge in [0, 0.05) is 25.7 Å². The van der Waals surface area contributed by atoms with Gasteiger partial charge >= 0.3 is 0 Å². The number of aromatic nitrogens is 1. The summed E-state index contributed by atoms with van der Waals surface area (Å²) in [5, 5.41) is 3.09. The molecule has 6 heteroatoms. The summed E-state index contributed by atoms with van der Waals surface area (Å²) in [6.07, 6.45) is 6.25. The molecule has 1 amide bonds. The molecule has 3 heterocycles. The summed E-state index contributed by atoms with van der Waals surface area (Å²) in [5.74, 6) is 2.25. The number of carbonyl (C=O) groups is 1. The Balaban J connectivity index is 1.22. The summed E-state index contributed by atoms with van der Waals surface area (Å²) in [7, 11) is 0. The number of rotatable bonds is 6. The number of hydrogen-bond donors (Lipinski definition) is 1. The van der Waals surface area contributed by atoms with Crippen LogP contribution in [0.2, 0.25) is 0 Å². The van der Waals surface area contributed by atoms with Crippen molar-refractivity contribution in [3.63, 3.8) is 0 Å². The van der Waals surface area contributed by atoms with Crippen LogP contribution in [0.1, 0.15) is 24.0 Å². The van der Waals surface area contributed by atoms with Gasteiger partial charge in [0.05, 0.1) is 24.4 Å². The molecule has 6 nitrogen and oxygen atoms in total. The molecule has 0 saturated carbocycles. The van der Waals surface area contributed by atoms with Gasteiger partial charge in [-0.1, -0.05) is 24.3 Å². The number of hydrogen-bond acceptors (Lipinski definition) is 5. The van der Waals surface area contributed by atoms with Crippen LogP contribution in [0.15, 0.2) is 67.0 Å². The normalized spacial score (nSPS) is 17.9. The second kappa shape index (κ2) is 9.40. The molecule has 2 aromatic carbocycles. The van der Waals surface area contributed by atoms with Crippen molar-refractivity contribution in [3.8, 4) is 17.2 Å². The fraction of sp³-hybridized carbons (Fsp3) is 0.308. The van der Waals surface area contributed by atoms with E-state index in [9.17, 15) is 4.79 Å². The minimum absolute atomic E-state index is 0.0410. The third-order valence-electron chi connectivity index (χ3n) is 6.04. The maximum atomic E-state index is 13.1. The van der Waals surface area contributed by atoms with E-state index in [0.29, 0.717) is 17.2 Å². The molecular formula is C26H27N3O3. The molecule has 2 aliphatic rings. The average molecular weight is 430 g/mol. The van der Waals surface area contributed by atoms with Crippen LogP contribution >= 0.6 is 0 Å². The van der Waals surface area contributed by atoms with E-state index in [-0.39, 0.29) is 11.8 Å². The predicted molar refractivity (Wildman–Crippen MR) is 123 cm³/mol. The van der Waals surface area contributed by atoms with Crippen LogP contribution in [0.3, 0.4) is 0 Å². The van der Waals surface area contributed by atoms with Crippen LogP contribution in [0.5, 0.6) is 17.2 Å². The van der Waals surface area contributed by atoms with Gasteiger partial charge in [-0.25, -0.2) is 0 Å². The minimum Gasteiger partial charge on any atom is -0.493 e. The molecule has 5 rings (SSSR count). The number of carbonyl (C=O) groups excluding carboxylic acids is 1. The van der Waals surface area contributed by atoms with E-state index >= 15 is 0 Å². The highest BCUT2D eigenvalue weighted by atomic mass is 16.5. The van der Waals surface area contributed by atoms with Crippen molar-refractivity contribution in [2.24, 2.45) is 5.92 Å². The maximum absolute atomic E-state index is 13.1. The summed E-state index contributed by atoms with van der Waals surface area (Å²) < 4.78 is 11.6. The Morgan fingerprint density at radius 3 is 3.03 bits per heavy atom. The monoisotopic (exact) mass is 429 g/mol. The first-order valence-electron chi connectivity index (χ1n) is 11.2. The molecule has 1 saturated heterocycles. The average Bonchev–Trinajstić information content (AvgIpc) is 3.29. The summed E-state index contributed by atoms with van der Waals surface area (Å²) in [6, 6.07) is 17.6. The van der Waals surface area contributed by atoms with Crippen LogP contribution in [-0.4, -0.2) is 35.5 Å². The first kappa shape index (κ1) is 20.5. The highest BCUT2D eigenvalue weighted by molar-refractivity contribution is 5.94. The second-order valence-corrected chi connectivity index (χ2v) is 8.39. The van der Waals surface area contributed by atoms with Crippen molar-refractivity contribution in [1.29, 1.82) is 0 Å². The molecular weight excluding hydrogens is 402 g/mol. The second-order valence-electron chi connectivity index (χ2n) is 8.39. The number of nitrogens with zero attached hydrogens (tertiary/aromatic N) is 2. The Labute approximate surface area is 188 Å². The quantitative estimate of drug-likeness (QED) is 0.618. The molecule has 0 bridgehead atoms. The Morgan fingerprint density at radius 2 is 2.12 bits per heavy atom. The largest absolute Gasteiger partial charge is 0.493 e. The van der Waals surface area contributed by atoms with Crippen molar-refractivity contribution >= 4 is 11.6 Å². The smallest absolute Gasteiger partial charge is 0.228 e. The van der Waals surface area contributed by atoms with Gasteiger partial charge in [0.2, 0.25) is 5.91 Å². The highest BCUT2D eigenvalue weighted by Crippen LogP contribution is 2.31. The number of pyridine rings is 1. The summed E-state index contributed by atoms with van der Waals surface area (Å²) in [4.78, 5) is 19.6. The molecule has 0 radical (unpaired) electrons. The molecule has 1 fully saturated rings. The lowest BCUT2D eigenvalue weighted by atomic mass is 9.96. The van der Waals surface area contributed by atoms with Gasteiger partial charge in [0.1, 0.15) is 11.5 Å². The fourth-order valence-electron chi connectivity index (χ4n) is 4.44. The number of para-hydroxylation sites is 2. The van der Waals surface area contributed by atoms with E-state index in [1.807, 2.05) is 36.4 Å². The van der Waals surface area contributed by atoms with Gasteiger partial charge in [-0.2, -0.15) is 0 Å². The molecule has 1 N–H and O–H groups in total. The van der Waals surface area contributed by atoms with Gasteiger partial charge in [-0.05, 0) is 60.8 Å². The van der Waals surface area contributed by atoms with Gasteiger partial charge in [0.15, 0.2) is 5.75 Å². The molecule has 1 atom stereocenters. The summed E-state index contributed by atoms with van der Waals surface area (Å²) >= 11 is 0. The Kier molecular flexibility index (Phi) is 6.03. The number of anilines is 1. The molecule has 2 aliphatic heterocycles. The van der Waals surface area contributed by atoms with Gasteiger partial charge < -0.3 is 14.8 Å². The predicted octanol–water partition coefficient (Wildman–Crippen LogP) is 4.66. The van der Waals surface area contributed by atoms with E-state index in [1.165, 1.54) is 11.1 Å². The van der Waals surface area contributed by atoms with E-state index in [4.69, 9.17) is 9.47 Å². The summed E-state index contributed by atoms with van der Waals surface area (Å²) in [5.41, 5.74) is 3.25. The molecule has 32 heavy (non-hydrogen) atoms. The van der Waals surface area contributed by atoms with E-state index < -0.39 is 0 Å². The highest BCUT2D eigenvalue weighted by Gasteiger charge is 2.27. The van der Waals surface area contributed by atoms with Crippen molar-refractivity contribution < 1.29 is 14.3 Å². The number of benzene rings is 2. The zero-order chi connectivity index (χ0) is 21.8. The van der Waals surface area contributed by atoms with Crippen LogP contribution in [-0.2, 0) is 17.8 Å². The first-order valence-corrected chi connectivity index (χ1v) is 11.2. The number of piperidine rings is 1. The lowest BCUT2D eigenvalue weighted by Crippen LogP contribution is -2.40. The fourth-order valence-corrected chi connectivity index (χ4v) is 4.44. The minimum atomic E-state index is -0.0482. The van der Waals surface area contributed by atoms with Crippen LogP contribution in [0.25, 0.3) is 0 Å². The van der Waals surface area contributed by atoms with E-state index in [2.05, 4.69) is 33.4 Å². The molecule has 3 aromatic rings. The lowest BCUT2D eigenvalue weighted by Gasteiger charge is -2.32. The molecule has 1 aromatic heterocycles. The van der Waals surface area contributed by atoms with Crippen molar-refractivity contribution in [3.05, 3.63) is 78.1 Å². The molecule has 0 unspecified atom stereocenters. The third-order valence-corrected chi connectivity index (χ3v) is 6.04. The molecule has 164 valence electrons. The SMILES string of the molecule is O=C(Nc1ccccc1Oc1cccnc1)[C@@H]1CCCN(Cc2ccc3c(c2)CCO3)C1. The zero-order valence-electron chi connectivity index (χ0n) is 18.0. The Morgan fingerprint density at radius 1 is 1.19 bits per heavy atom. The van der Waals surface area contributed by atoms with E-state index in [1.54, 1.807) is 12.4 Å². The topological polar surface area (TPSA) is 63.7 Å². The standard InChI is InChI=1S/C26H27N3O3/c30-26(28-23-7-1-2-8-25(23)32-22-6-3-12-27-16-22)21-5-4-13-29(18-21)17-19-9-10-24-20(15-19)11-14-31-24/h1-3,6-10,12,15-16,21H,4-5,11,13-14,17-18H2,(H,28,30)/t21-/m1/s1. The van der Waals surface area contributed by atoms with Crippen LogP contribution < -0.4 is 14.8 Å². The van der Waals surface area contributed by atoms with Crippen molar-refractivity contribution in [2.45, 2.75) is 25.8 Å². The zero-order valence-corrected chi connectivity index (χ0v) is 18.0. The number of fused-ring (bicyclic) bond motifs is 1. The van der Waals surface area contributed by atoms with Gasteiger partial charge in [-0.15, -0.1) is 0 Å². The Hall–Kier alpha value is -3.38. The van der Waals surface area contributed by atoms with Crippen molar-refractivity contribution in [2.75, 3.05) is 25.0 Å². The number of likely N-dealkylation sites (tertiary alicyclic amines) is 1. The van der Waals surface area contributed by atoms with Crippen LogP contribution in [0, 0.1) is 5.92 Å². The summed E-state index contributed by atoms with van der Waals surface area (Å²) in [6.45, 7) is 3.40. The number of nitrogens with one attached hydrogen (secondary N) is 1. The maximum Gasteiger partial charge on any atom is 0.228 e. The lowest BCUT2D eigenvalue weighted by molar-refractivity contribution is -0.121. The third kappa shape index (κ3) is 4.75. The van der Waals surface area contributed by atoms with Gasteiger partial charge in [0.25, 0.3) is 0 Å². The molecule has 0 aliphatic carbocycles. The van der Waals surface area contributed by atoms with Crippen LogP contribution in [0.4, 0.5) is 5.69 Å². The molecule has 0 spiro atoms.